The number of alkyl halides is 2. The van der Waals surface area contributed by atoms with E-state index >= 15 is 0 Å². The molecule has 0 amide bonds. The van der Waals surface area contributed by atoms with E-state index in [1.54, 1.807) is 13.8 Å². The van der Waals surface area contributed by atoms with Crippen molar-refractivity contribution in [2.45, 2.75) is 37.4 Å². The van der Waals surface area contributed by atoms with Crippen LogP contribution >= 0.6 is 23.2 Å². The first-order valence-corrected chi connectivity index (χ1v) is 7.03. The summed E-state index contributed by atoms with van der Waals surface area (Å²) >= 11 is 11.8. The van der Waals surface area contributed by atoms with E-state index in [9.17, 15) is 9.59 Å². The average molecular weight is 315 g/mol. The van der Waals surface area contributed by atoms with Crippen molar-refractivity contribution in [2.24, 2.45) is 0 Å². The monoisotopic (exact) mass is 314 g/mol. The van der Waals surface area contributed by atoms with E-state index in [0.717, 1.165) is 0 Å². The van der Waals surface area contributed by atoms with E-state index in [1.807, 2.05) is 0 Å². The maximum absolute atomic E-state index is 11.1. The zero-order valence-electron chi connectivity index (χ0n) is 11.2. The minimum absolute atomic E-state index is 0.0836. The van der Waals surface area contributed by atoms with E-state index < -0.39 is 10.8 Å². The lowest BCUT2D eigenvalue weighted by atomic mass is 10.3. The lowest BCUT2D eigenvalue weighted by Gasteiger charge is -2.12. The van der Waals surface area contributed by atoms with Crippen LogP contribution in [0.4, 0.5) is 0 Å². The number of esters is 2. The smallest absolute Gasteiger partial charge is 0.307 e. The van der Waals surface area contributed by atoms with Gasteiger partial charge in [0.05, 0.1) is 50.0 Å². The van der Waals surface area contributed by atoms with E-state index in [1.165, 1.54) is 0 Å². The fourth-order valence-electron chi connectivity index (χ4n) is 1.24. The quantitative estimate of drug-likeness (QED) is 0.456. The second-order valence-electron chi connectivity index (χ2n) is 3.75. The highest BCUT2D eigenvalue weighted by atomic mass is 35.5. The minimum atomic E-state index is -0.467. The highest BCUT2D eigenvalue weighted by molar-refractivity contribution is 6.22. The molecule has 112 valence electrons. The Morgan fingerprint density at radius 1 is 0.895 bits per heavy atom. The fraction of sp³-hybridized carbons (Fsp3) is 0.833. The predicted molar refractivity (Wildman–Crippen MR) is 72.6 cm³/mol. The standard InChI is InChI=1S/C12H20Cl2O5/c1-3-18-11(15)5-9(13)7-17-8-10(14)6-12(16)19-4-2/h9-10H,3-8H2,1-2H3. The van der Waals surface area contributed by atoms with Crippen molar-refractivity contribution >= 4 is 35.1 Å². The molecule has 5 nitrogen and oxygen atoms in total. The zero-order chi connectivity index (χ0) is 14.7. The van der Waals surface area contributed by atoms with Crippen LogP contribution in [0.25, 0.3) is 0 Å². The molecule has 0 radical (unpaired) electrons. The molecular weight excluding hydrogens is 295 g/mol. The van der Waals surface area contributed by atoms with Gasteiger partial charge in [0, 0.05) is 0 Å². The summed E-state index contributed by atoms with van der Waals surface area (Å²) in [6.45, 7) is 4.45. The SMILES string of the molecule is CCOC(=O)CC(Cl)COCC(Cl)CC(=O)OCC. The molecule has 0 aliphatic rings. The van der Waals surface area contributed by atoms with Gasteiger partial charge in [-0.05, 0) is 13.8 Å². The molecule has 0 bridgehead atoms. The third-order valence-corrected chi connectivity index (χ3v) is 2.54. The lowest BCUT2D eigenvalue weighted by Crippen LogP contribution is -2.21. The van der Waals surface area contributed by atoms with Gasteiger partial charge in [0.1, 0.15) is 0 Å². The Kier molecular flexibility index (Phi) is 11.0. The largest absolute Gasteiger partial charge is 0.466 e. The molecule has 2 unspecified atom stereocenters. The summed E-state index contributed by atoms with van der Waals surface area (Å²) in [6, 6.07) is 0. The van der Waals surface area contributed by atoms with Gasteiger partial charge in [-0.25, -0.2) is 0 Å². The van der Waals surface area contributed by atoms with Crippen molar-refractivity contribution in [3.63, 3.8) is 0 Å². The molecule has 2 atom stereocenters. The molecule has 19 heavy (non-hydrogen) atoms. The summed E-state index contributed by atoms with van der Waals surface area (Å²) in [6.07, 6.45) is 0.167. The van der Waals surface area contributed by atoms with Crippen LogP contribution in [0.2, 0.25) is 0 Å². The summed E-state index contributed by atoms with van der Waals surface area (Å²) in [4.78, 5) is 22.2. The Morgan fingerprint density at radius 2 is 1.26 bits per heavy atom. The van der Waals surface area contributed by atoms with E-state index in [4.69, 9.17) is 37.4 Å². The van der Waals surface area contributed by atoms with Crippen molar-refractivity contribution in [3.8, 4) is 0 Å². The first-order valence-electron chi connectivity index (χ1n) is 6.16. The molecule has 0 aliphatic heterocycles. The molecular formula is C12H20Cl2O5. The molecule has 0 aromatic heterocycles. The molecule has 0 N–H and O–H groups in total. The van der Waals surface area contributed by atoms with Crippen LogP contribution in [-0.4, -0.2) is 49.1 Å². The van der Waals surface area contributed by atoms with Crippen LogP contribution in [0.1, 0.15) is 26.7 Å². The molecule has 0 saturated carbocycles. The van der Waals surface area contributed by atoms with Crippen molar-refractivity contribution in [3.05, 3.63) is 0 Å². The molecule has 0 saturated heterocycles. The fourth-order valence-corrected chi connectivity index (χ4v) is 1.67. The van der Waals surface area contributed by atoms with E-state index in [2.05, 4.69) is 0 Å². The minimum Gasteiger partial charge on any atom is -0.466 e. The molecule has 0 heterocycles. The maximum Gasteiger partial charge on any atom is 0.307 e. The van der Waals surface area contributed by atoms with Crippen LogP contribution in [0.3, 0.4) is 0 Å². The highest BCUT2D eigenvalue weighted by Crippen LogP contribution is 2.08. The topological polar surface area (TPSA) is 61.8 Å². The Bertz CT molecular complexity index is 247. The van der Waals surface area contributed by atoms with Gasteiger partial charge in [0.15, 0.2) is 0 Å². The second kappa shape index (κ2) is 11.3. The number of carbonyl (C=O) groups excluding carboxylic acids is 2. The van der Waals surface area contributed by atoms with Gasteiger partial charge in [-0.1, -0.05) is 0 Å². The summed E-state index contributed by atoms with van der Waals surface area (Å²) in [7, 11) is 0. The Hall–Kier alpha value is -0.520. The third-order valence-electron chi connectivity index (χ3n) is 1.98. The third kappa shape index (κ3) is 11.0. The summed E-state index contributed by atoms with van der Waals surface area (Å²) in [5.41, 5.74) is 0. The van der Waals surface area contributed by atoms with Gasteiger partial charge in [-0.2, -0.15) is 0 Å². The zero-order valence-corrected chi connectivity index (χ0v) is 12.7. The van der Waals surface area contributed by atoms with Crippen molar-refractivity contribution in [1.29, 1.82) is 0 Å². The predicted octanol–water partition coefficient (Wildman–Crippen LogP) is 2.12. The molecule has 0 spiro atoms. The number of ether oxygens (including phenoxy) is 3. The highest BCUT2D eigenvalue weighted by Gasteiger charge is 2.15. The molecule has 0 fully saturated rings. The Balaban J connectivity index is 3.66. The van der Waals surface area contributed by atoms with Crippen LogP contribution in [0, 0.1) is 0 Å². The van der Waals surface area contributed by atoms with Crippen LogP contribution < -0.4 is 0 Å². The Morgan fingerprint density at radius 3 is 1.58 bits per heavy atom. The first-order chi connectivity index (χ1) is 8.99. The molecule has 0 rings (SSSR count). The lowest BCUT2D eigenvalue weighted by molar-refractivity contribution is -0.143. The number of hydrogen-bond donors (Lipinski definition) is 0. The van der Waals surface area contributed by atoms with Crippen LogP contribution in [0.15, 0.2) is 0 Å². The molecule has 0 aliphatic carbocycles. The normalized spacial score (nSPS) is 13.7. The Labute approximate surface area is 123 Å². The van der Waals surface area contributed by atoms with Crippen molar-refractivity contribution < 1.29 is 23.8 Å². The number of carbonyl (C=O) groups is 2. The van der Waals surface area contributed by atoms with Gasteiger partial charge in [0.2, 0.25) is 0 Å². The van der Waals surface area contributed by atoms with Crippen molar-refractivity contribution in [1.82, 2.24) is 0 Å². The molecule has 0 aromatic rings. The van der Waals surface area contributed by atoms with E-state index in [-0.39, 0.29) is 38.0 Å². The van der Waals surface area contributed by atoms with Gasteiger partial charge in [-0.15, -0.1) is 23.2 Å². The van der Waals surface area contributed by atoms with Crippen LogP contribution in [0.5, 0.6) is 0 Å². The second-order valence-corrected chi connectivity index (χ2v) is 4.98. The summed E-state index contributed by atoms with van der Waals surface area (Å²) < 4.78 is 14.7. The van der Waals surface area contributed by atoms with Crippen LogP contribution in [-0.2, 0) is 23.8 Å². The number of halogens is 2. The van der Waals surface area contributed by atoms with Gasteiger partial charge in [0.25, 0.3) is 0 Å². The average Bonchev–Trinajstić information content (AvgIpc) is 2.28. The summed E-state index contributed by atoms with van der Waals surface area (Å²) in [5, 5.41) is -0.934. The van der Waals surface area contributed by atoms with Gasteiger partial charge in [-0.3, -0.25) is 9.59 Å². The van der Waals surface area contributed by atoms with Gasteiger partial charge < -0.3 is 14.2 Å². The van der Waals surface area contributed by atoms with E-state index in [0.29, 0.717) is 13.2 Å². The number of hydrogen-bond acceptors (Lipinski definition) is 5. The molecule has 0 aromatic carbocycles. The number of rotatable bonds is 10. The molecule has 7 heteroatoms. The van der Waals surface area contributed by atoms with Crippen molar-refractivity contribution in [2.75, 3.05) is 26.4 Å². The maximum atomic E-state index is 11.1. The first kappa shape index (κ1) is 18.5. The summed E-state index contributed by atoms with van der Waals surface area (Å²) in [5.74, 6) is -0.722. The van der Waals surface area contributed by atoms with Gasteiger partial charge >= 0.3 is 11.9 Å².